The first-order valence-electron chi connectivity index (χ1n) is 5.45. The molecule has 1 aliphatic rings. The van der Waals surface area contributed by atoms with Gasteiger partial charge in [0.2, 0.25) is 0 Å². The number of hydrogen-bond acceptors (Lipinski definition) is 6. The minimum absolute atomic E-state index is 0.409. The summed E-state index contributed by atoms with van der Waals surface area (Å²) in [6, 6.07) is 1.14. The van der Waals surface area contributed by atoms with Gasteiger partial charge in [-0.05, 0) is 0 Å². The van der Waals surface area contributed by atoms with Crippen molar-refractivity contribution in [1.82, 2.24) is 9.55 Å². The monoisotopic (exact) mass is 258 g/mol. The van der Waals surface area contributed by atoms with Crippen molar-refractivity contribution in [2.75, 3.05) is 13.2 Å². The number of aliphatic hydroxyl groups is 3. The summed E-state index contributed by atoms with van der Waals surface area (Å²) >= 11 is 0. The van der Waals surface area contributed by atoms with Crippen molar-refractivity contribution in [3.8, 4) is 0 Å². The number of H-pyrrole nitrogens is 1. The van der Waals surface area contributed by atoms with Crippen molar-refractivity contribution in [2.45, 2.75) is 18.4 Å². The fourth-order valence-electron chi connectivity index (χ4n) is 2.05. The first-order valence-corrected chi connectivity index (χ1v) is 5.45. The molecule has 4 N–H and O–H groups in total. The minimum atomic E-state index is -1.08. The van der Waals surface area contributed by atoms with Gasteiger partial charge in [0.1, 0.15) is 12.3 Å². The molecule has 0 spiro atoms. The van der Waals surface area contributed by atoms with Crippen LogP contribution in [0.2, 0.25) is 0 Å². The molecule has 0 saturated carbocycles. The van der Waals surface area contributed by atoms with E-state index in [0.717, 1.165) is 10.6 Å². The molecule has 0 radical (unpaired) electrons. The van der Waals surface area contributed by atoms with Crippen LogP contribution < -0.4 is 11.2 Å². The predicted octanol–water partition coefficient (Wildman–Crippen LogP) is -2.60. The molecule has 2 rings (SSSR count). The molecule has 2 heterocycles. The summed E-state index contributed by atoms with van der Waals surface area (Å²) in [5, 5.41) is 28.0. The molecule has 4 atom stereocenters. The van der Waals surface area contributed by atoms with Gasteiger partial charge in [0.15, 0.2) is 0 Å². The smallest absolute Gasteiger partial charge is 0.330 e. The minimum Gasteiger partial charge on any atom is -0.396 e. The average Bonchev–Trinajstić information content (AvgIpc) is 2.65. The lowest BCUT2D eigenvalue weighted by Crippen LogP contribution is -2.36. The standard InChI is InChI=1S/C10H14N2O6/c13-3-5-8(16)6(4-14)18-9(5)12-2-1-7(15)11-10(12)17/h1-2,5-6,8-9,13-14,16H,3-4H2,(H,11,15,17)/t5-,6-,8?,9-/m1/s1. The molecule has 1 aliphatic heterocycles. The quantitative estimate of drug-likeness (QED) is 0.471. The molecule has 1 aromatic rings. The fourth-order valence-corrected chi connectivity index (χ4v) is 2.05. The van der Waals surface area contributed by atoms with Gasteiger partial charge < -0.3 is 20.1 Å². The van der Waals surface area contributed by atoms with E-state index in [1.54, 1.807) is 0 Å². The first kappa shape index (κ1) is 13.0. The summed E-state index contributed by atoms with van der Waals surface area (Å²) in [7, 11) is 0. The number of ether oxygens (including phenoxy) is 1. The largest absolute Gasteiger partial charge is 0.396 e. The van der Waals surface area contributed by atoms with E-state index in [1.165, 1.54) is 6.20 Å². The Bertz CT molecular complexity index is 524. The summed E-state index contributed by atoms with van der Waals surface area (Å²) in [5.41, 5.74) is -1.24. The number of aromatic nitrogens is 2. The number of hydrogen-bond donors (Lipinski definition) is 4. The molecular formula is C10H14N2O6. The second kappa shape index (κ2) is 5.02. The molecule has 1 saturated heterocycles. The van der Waals surface area contributed by atoms with Crippen molar-refractivity contribution in [3.05, 3.63) is 33.1 Å². The van der Waals surface area contributed by atoms with Crippen LogP contribution in [0.1, 0.15) is 6.23 Å². The third-order valence-corrected chi connectivity index (χ3v) is 3.02. The van der Waals surface area contributed by atoms with E-state index < -0.39 is 48.8 Å². The van der Waals surface area contributed by atoms with Crippen LogP contribution in [0.4, 0.5) is 0 Å². The Hall–Kier alpha value is -1.48. The average molecular weight is 258 g/mol. The normalized spacial score (nSPS) is 31.7. The molecule has 18 heavy (non-hydrogen) atoms. The first-order chi connectivity index (χ1) is 8.58. The Morgan fingerprint density at radius 1 is 1.33 bits per heavy atom. The van der Waals surface area contributed by atoms with Gasteiger partial charge in [-0.3, -0.25) is 14.3 Å². The number of rotatable bonds is 3. The van der Waals surface area contributed by atoms with Gasteiger partial charge in [-0.25, -0.2) is 4.79 Å². The van der Waals surface area contributed by atoms with Gasteiger partial charge in [0.25, 0.3) is 5.56 Å². The Kier molecular flexibility index (Phi) is 3.62. The van der Waals surface area contributed by atoms with Crippen LogP contribution >= 0.6 is 0 Å². The summed E-state index contributed by atoms with van der Waals surface area (Å²) in [4.78, 5) is 24.6. The van der Waals surface area contributed by atoms with Gasteiger partial charge >= 0.3 is 5.69 Å². The van der Waals surface area contributed by atoms with E-state index in [1.807, 2.05) is 0 Å². The molecule has 1 fully saturated rings. The topological polar surface area (TPSA) is 125 Å². The van der Waals surface area contributed by atoms with Gasteiger partial charge in [0, 0.05) is 12.3 Å². The molecule has 0 amide bonds. The van der Waals surface area contributed by atoms with Crippen LogP contribution in [-0.4, -0.2) is 50.3 Å². The lowest BCUT2D eigenvalue weighted by atomic mass is 10.0. The van der Waals surface area contributed by atoms with Crippen LogP contribution in [0.15, 0.2) is 21.9 Å². The van der Waals surface area contributed by atoms with E-state index >= 15 is 0 Å². The fraction of sp³-hybridized carbons (Fsp3) is 0.600. The zero-order valence-electron chi connectivity index (χ0n) is 9.39. The molecule has 1 unspecified atom stereocenters. The van der Waals surface area contributed by atoms with Crippen LogP contribution in [0.25, 0.3) is 0 Å². The number of aromatic amines is 1. The highest BCUT2D eigenvalue weighted by Gasteiger charge is 2.44. The SMILES string of the molecule is O=c1ccn([C@@H]2O[C@H](CO)C(O)[C@H]2CO)c(=O)[nH]1. The highest BCUT2D eigenvalue weighted by atomic mass is 16.5. The summed E-state index contributed by atoms with van der Waals surface area (Å²) in [6.45, 7) is -0.833. The summed E-state index contributed by atoms with van der Waals surface area (Å²) in [6.07, 6.45) is -1.65. The predicted molar refractivity (Wildman–Crippen MR) is 58.9 cm³/mol. The van der Waals surface area contributed by atoms with E-state index in [9.17, 15) is 19.8 Å². The maximum atomic E-state index is 11.6. The van der Waals surface area contributed by atoms with Crippen molar-refractivity contribution in [2.24, 2.45) is 5.92 Å². The Labute approximate surface area is 101 Å². The number of nitrogens with one attached hydrogen (secondary N) is 1. The van der Waals surface area contributed by atoms with E-state index in [2.05, 4.69) is 4.98 Å². The van der Waals surface area contributed by atoms with E-state index in [0.29, 0.717) is 0 Å². The Morgan fingerprint density at radius 2 is 2.06 bits per heavy atom. The van der Waals surface area contributed by atoms with Crippen LogP contribution in [0.5, 0.6) is 0 Å². The van der Waals surface area contributed by atoms with Crippen molar-refractivity contribution >= 4 is 0 Å². The Balaban J connectivity index is 2.38. The third-order valence-electron chi connectivity index (χ3n) is 3.02. The zero-order valence-corrected chi connectivity index (χ0v) is 9.39. The van der Waals surface area contributed by atoms with Crippen molar-refractivity contribution < 1.29 is 20.1 Å². The Morgan fingerprint density at radius 3 is 2.61 bits per heavy atom. The van der Waals surface area contributed by atoms with E-state index in [4.69, 9.17) is 9.84 Å². The molecule has 0 bridgehead atoms. The van der Waals surface area contributed by atoms with Gasteiger partial charge in [-0.1, -0.05) is 0 Å². The molecule has 0 aliphatic carbocycles. The van der Waals surface area contributed by atoms with Gasteiger partial charge in [-0.15, -0.1) is 0 Å². The van der Waals surface area contributed by atoms with Crippen LogP contribution in [0, 0.1) is 5.92 Å². The zero-order chi connectivity index (χ0) is 13.3. The van der Waals surface area contributed by atoms with Gasteiger partial charge in [-0.2, -0.15) is 0 Å². The lowest BCUT2D eigenvalue weighted by Gasteiger charge is -2.19. The van der Waals surface area contributed by atoms with E-state index in [-0.39, 0.29) is 0 Å². The van der Waals surface area contributed by atoms with Crippen LogP contribution in [-0.2, 0) is 4.74 Å². The third kappa shape index (κ3) is 2.10. The molecule has 0 aromatic carbocycles. The molecular weight excluding hydrogens is 244 g/mol. The van der Waals surface area contributed by atoms with Crippen molar-refractivity contribution in [1.29, 1.82) is 0 Å². The number of aliphatic hydroxyl groups excluding tert-OH is 3. The molecule has 1 aromatic heterocycles. The highest BCUT2D eigenvalue weighted by Crippen LogP contribution is 2.33. The highest BCUT2D eigenvalue weighted by molar-refractivity contribution is 4.92. The van der Waals surface area contributed by atoms with Crippen LogP contribution in [0.3, 0.4) is 0 Å². The second-order valence-corrected chi connectivity index (χ2v) is 4.10. The van der Waals surface area contributed by atoms with Crippen molar-refractivity contribution in [3.63, 3.8) is 0 Å². The molecule has 8 nitrogen and oxygen atoms in total. The molecule has 100 valence electrons. The lowest BCUT2D eigenvalue weighted by molar-refractivity contribution is -0.0496. The molecule has 8 heteroatoms. The second-order valence-electron chi connectivity index (χ2n) is 4.10. The van der Waals surface area contributed by atoms with Gasteiger partial charge in [0.05, 0.1) is 25.2 Å². The summed E-state index contributed by atoms with van der Waals surface area (Å²) < 4.78 is 6.38. The summed E-state index contributed by atoms with van der Waals surface area (Å²) in [5.74, 6) is -0.745. The number of nitrogens with zero attached hydrogens (tertiary/aromatic N) is 1. The maximum Gasteiger partial charge on any atom is 0.330 e. The maximum absolute atomic E-state index is 11.6.